The fourth-order valence-corrected chi connectivity index (χ4v) is 3.33. The molecule has 1 amide bonds. The van der Waals surface area contributed by atoms with Gasteiger partial charge in [0.05, 0.1) is 13.2 Å². The van der Waals surface area contributed by atoms with Gasteiger partial charge in [-0.05, 0) is 36.8 Å². The second-order valence-electron chi connectivity index (χ2n) is 6.47. The van der Waals surface area contributed by atoms with Gasteiger partial charge in [-0.2, -0.15) is 0 Å². The Morgan fingerprint density at radius 3 is 2.68 bits per heavy atom. The number of piperidine rings is 1. The van der Waals surface area contributed by atoms with Crippen LogP contribution >= 0.6 is 0 Å². The molecule has 0 bridgehead atoms. The van der Waals surface area contributed by atoms with Crippen molar-refractivity contribution < 1.29 is 14.6 Å². The van der Waals surface area contributed by atoms with Crippen LogP contribution in [-0.4, -0.2) is 47.2 Å². The molecule has 1 saturated heterocycles. The summed E-state index contributed by atoms with van der Waals surface area (Å²) in [6.07, 6.45) is 3.50. The Labute approximate surface area is 148 Å². The van der Waals surface area contributed by atoms with Crippen LogP contribution in [0.4, 0.5) is 0 Å². The Morgan fingerprint density at radius 2 is 2.00 bits per heavy atom. The number of rotatable bonds is 5. The zero-order chi connectivity index (χ0) is 17.6. The van der Waals surface area contributed by atoms with Crippen molar-refractivity contribution in [3.63, 3.8) is 0 Å². The van der Waals surface area contributed by atoms with E-state index in [9.17, 15) is 9.90 Å². The van der Waals surface area contributed by atoms with Crippen LogP contribution < -0.4 is 4.74 Å². The summed E-state index contributed by atoms with van der Waals surface area (Å²) in [5.74, 6) is 0.781. The van der Waals surface area contributed by atoms with E-state index in [1.165, 1.54) is 0 Å². The van der Waals surface area contributed by atoms with Gasteiger partial charge in [-0.15, -0.1) is 0 Å². The molecule has 5 nitrogen and oxygen atoms in total. The number of aliphatic hydroxyl groups is 1. The third kappa shape index (κ3) is 4.37. The molecule has 1 aromatic heterocycles. The lowest BCUT2D eigenvalue weighted by Crippen LogP contribution is -2.42. The van der Waals surface area contributed by atoms with Crippen LogP contribution in [0.1, 0.15) is 28.9 Å². The molecule has 1 aliphatic heterocycles. The van der Waals surface area contributed by atoms with Crippen LogP contribution in [0, 0.1) is 5.92 Å². The van der Waals surface area contributed by atoms with Gasteiger partial charge in [-0.3, -0.25) is 9.78 Å². The Bertz CT molecular complexity index is 697. The molecule has 1 aliphatic rings. The summed E-state index contributed by atoms with van der Waals surface area (Å²) >= 11 is 0. The molecule has 1 N–H and O–H groups in total. The average Bonchev–Trinajstić information content (AvgIpc) is 2.68. The van der Waals surface area contributed by atoms with E-state index in [1.54, 1.807) is 25.4 Å². The third-order valence-corrected chi connectivity index (χ3v) is 4.84. The maximum Gasteiger partial charge on any atom is 0.272 e. The number of carbonyl (C=O) groups is 1. The quantitative estimate of drug-likeness (QED) is 0.909. The average molecular weight is 340 g/mol. The summed E-state index contributed by atoms with van der Waals surface area (Å²) < 4.78 is 5.15. The van der Waals surface area contributed by atoms with Gasteiger partial charge in [0.1, 0.15) is 11.4 Å². The molecule has 3 rings (SSSR count). The number of benzene rings is 1. The molecule has 2 aromatic rings. The zero-order valence-electron chi connectivity index (χ0n) is 14.5. The van der Waals surface area contributed by atoms with Gasteiger partial charge < -0.3 is 14.7 Å². The minimum atomic E-state index is -0.366. The monoisotopic (exact) mass is 340 g/mol. The molecule has 0 saturated carbocycles. The second-order valence-corrected chi connectivity index (χ2v) is 6.47. The van der Waals surface area contributed by atoms with Gasteiger partial charge in [0.25, 0.3) is 5.91 Å². The van der Waals surface area contributed by atoms with Gasteiger partial charge in [-0.1, -0.05) is 30.3 Å². The van der Waals surface area contributed by atoms with Gasteiger partial charge in [0.15, 0.2) is 0 Å². The first kappa shape index (κ1) is 17.4. The standard InChI is InChI=1S/C20H24N2O3/c1-25-17-7-10-21-18(14-17)20(24)22-11-8-16(9-12-22)19(23)13-15-5-3-2-4-6-15/h2-7,10,14,16,19,23H,8-9,11-13H2,1H3/t19-/m0/s1. The molecular weight excluding hydrogens is 316 g/mol. The van der Waals surface area contributed by atoms with Crippen molar-refractivity contribution in [2.45, 2.75) is 25.4 Å². The minimum Gasteiger partial charge on any atom is -0.497 e. The highest BCUT2D eigenvalue weighted by Gasteiger charge is 2.28. The van der Waals surface area contributed by atoms with Crippen LogP contribution in [0.3, 0.4) is 0 Å². The van der Waals surface area contributed by atoms with E-state index in [0.29, 0.717) is 31.0 Å². The Morgan fingerprint density at radius 1 is 1.28 bits per heavy atom. The van der Waals surface area contributed by atoms with Crippen molar-refractivity contribution in [3.8, 4) is 5.75 Å². The molecule has 1 aromatic carbocycles. The number of aliphatic hydroxyl groups excluding tert-OH is 1. The van der Waals surface area contributed by atoms with Crippen molar-refractivity contribution in [3.05, 3.63) is 59.9 Å². The number of hydrogen-bond donors (Lipinski definition) is 1. The molecule has 1 fully saturated rings. The van der Waals surface area contributed by atoms with Crippen molar-refractivity contribution in [2.75, 3.05) is 20.2 Å². The molecule has 0 aliphatic carbocycles. The number of carbonyl (C=O) groups excluding carboxylic acids is 1. The second kappa shape index (κ2) is 8.12. The summed E-state index contributed by atoms with van der Waals surface area (Å²) in [4.78, 5) is 18.5. The SMILES string of the molecule is COc1ccnc(C(=O)N2CCC([C@@H](O)Cc3ccccc3)CC2)c1. The van der Waals surface area contributed by atoms with Crippen molar-refractivity contribution in [2.24, 2.45) is 5.92 Å². The lowest BCUT2D eigenvalue weighted by Gasteiger charge is -2.34. The van der Waals surface area contributed by atoms with E-state index in [1.807, 2.05) is 35.2 Å². The molecule has 5 heteroatoms. The summed E-state index contributed by atoms with van der Waals surface area (Å²) in [5, 5.41) is 10.5. The number of amides is 1. The van der Waals surface area contributed by atoms with Crippen LogP contribution in [0.2, 0.25) is 0 Å². The normalized spacial score (nSPS) is 16.5. The van der Waals surface area contributed by atoms with E-state index in [0.717, 1.165) is 18.4 Å². The minimum absolute atomic E-state index is 0.0742. The van der Waals surface area contributed by atoms with Crippen LogP contribution in [0.5, 0.6) is 5.75 Å². The zero-order valence-corrected chi connectivity index (χ0v) is 14.5. The Hall–Kier alpha value is -2.40. The largest absolute Gasteiger partial charge is 0.497 e. The van der Waals surface area contributed by atoms with Crippen LogP contribution in [0.15, 0.2) is 48.7 Å². The predicted molar refractivity (Wildman–Crippen MR) is 95.6 cm³/mol. The predicted octanol–water partition coefficient (Wildman–Crippen LogP) is 2.55. The smallest absolute Gasteiger partial charge is 0.272 e. The highest BCUT2D eigenvalue weighted by Crippen LogP contribution is 2.24. The number of nitrogens with zero attached hydrogens (tertiary/aromatic N) is 2. The lowest BCUT2D eigenvalue weighted by molar-refractivity contribution is 0.0463. The molecule has 2 heterocycles. The van der Waals surface area contributed by atoms with Gasteiger partial charge in [-0.25, -0.2) is 0 Å². The highest BCUT2D eigenvalue weighted by atomic mass is 16.5. The molecule has 0 spiro atoms. The molecule has 0 unspecified atom stereocenters. The molecule has 25 heavy (non-hydrogen) atoms. The van der Waals surface area contributed by atoms with Crippen LogP contribution in [-0.2, 0) is 6.42 Å². The van der Waals surface area contributed by atoms with E-state index >= 15 is 0 Å². The summed E-state index contributed by atoms with van der Waals surface area (Å²) in [5.41, 5.74) is 1.55. The Kier molecular flexibility index (Phi) is 5.66. The van der Waals surface area contributed by atoms with Crippen molar-refractivity contribution in [1.82, 2.24) is 9.88 Å². The van der Waals surface area contributed by atoms with Gasteiger partial charge in [0.2, 0.25) is 0 Å². The van der Waals surface area contributed by atoms with E-state index < -0.39 is 0 Å². The van der Waals surface area contributed by atoms with Crippen molar-refractivity contribution >= 4 is 5.91 Å². The number of likely N-dealkylation sites (tertiary alicyclic amines) is 1. The number of aromatic nitrogens is 1. The summed E-state index contributed by atoms with van der Waals surface area (Å²) in [7, 11) is 1.57. The fourth-order valence-electron chi connectivity index (χ4n) is 3.33. The number of methoxy groups -OCH3 is 1. The summed E-state index contributed by atoms with van der Waals surface area (Å²) in [6, 6.07) is 13.4. The topological polar surface area (TPSA) is 62.7 Å². The van der Waals surface area contributed by atoms with Gasteiger partial charge >= 0.3 is 0 Å². The molecule has 1 atom stereocenters. The third-order valence-electron chi connectivity index (χ3n) is 4.84. The molecule has 132 valence electrons. The molecule has 0 radical (unpaired) electrons. The Balaban J connectivity index is 1.55. The first-order chi connectivity index (χ1) is 12.2. The van der Waals surface area contributed by atoms with Crippen LogP contribution in [0.25, 0.3) is 0 Å². The fraction of sp³-hybridized carbons (Fsp3) is 0.400. The first-order valence-corrected chi connectivity index (χ1v) is 8.68. The summed E-state index contributed by atoms with van der Waals surface area (Å²) in [6.45, 7) is 1.29. The van der Waals surface area contributed by atoms with E-state index in [2.05, 4.69) is 4.98 Å². The van der Waals surface area contributed by atoms with E-state index in [4.69, 9.17) is 4.74 Å². The molecular formula is C20H24N2O3. The highest BCUT2D eigenvalue weighted by molar-refractivity contribution is 5.92. The first-order valence-electron chi connectivity index (χ1n) is 8.68. The number of ether oxygens (including phenoxy) is 1. The number of hydrogen-bond acceptors (Lipinski definition) is 4. The maximum atomic E-state index is 12.6. The maximum absolute atomic E-state index is 12.6. The van der Waals surface area contributed by atoms with Gasteiger partial charge in [0, 0.05) is 25.4 Å². The van der Waals surface area contributed by atoms with Crippen molar-refractivity contribution in [1.29, 1.82) is 0 Å². The number of pyridine rings is 1. The lowest BCUT2D eigenvalue weighted by atomic mass is 9.88. The van der Waals surface area contributed by atoms with E-state index in [-0.39, 0.29) is 17.9 Å².